The molecule has 3 unspecified atom stereocenters. The monoisotopic (exact) mass is 1320 g/mol. The van der Waals surface area contributed by atoms with Crippen LogP contribution in [-0.2, 0) is 52.7 Å². The van der Waals surface area contributed by atoms with Crippen LogP contribution in [0.3, 0.4) is 0 Å². The van der Waals surface area contributed by atoms with Crippen molar-refractivity contribution in [3.8, 4) is 0 Å². The van der Waals surface area contributed by atoms with E-state index >= 15 is 9.59 Å². The number of hydrogen-bond acceptors (Lipinski definition) is 11. The maximum absolute atomic E-state index is 15.1. The number of carbonyl (C=O) groups is 11. The fourth-order valence-corrected chi connectivity index (χ4v) is 15.7. The van der Waals surface area contributed by atoms with Gasteiger partial charge in [-0.2, -0.15) is 13.2 Å². The summed E-state index contributed by atoms with van der Waals surface area (Å²) in [7, 11) is 7.40. The van der Waals surface area contributed by atoms with Gasteiger partial charge in [0.25, 0.3) is 0 Å². The normalized spacial score (nSPS) is 32.0. The van der Waals surface area contributed by atoms with Crippen molar-refractivity contribution < 1.29 is 65.9 Å². The Morgan fingerprint density at radius 3 is 1.78 bits per heavy atom. The third kappa shape index (κ3) is 18.0. The molecule has 7 fully saturated rings. The van der Waals surface area contributed by atoms with E-state index in [9.17, 15) is 56.3 Å². The first-order chi connectivity index (χ1) is 43.2. The van der Waals surface area contributed by atoms with Gasteiger partial charge in [0.1, 0.15) is 53.9 Å². The van der Waals surface area contributed by atoms with Crippen molar-refractivity contribution in [2.24, 2.45) is 35.5 Å². The number of nitrogens with one attached hydrogen (secondary N) is 4. The van der Waals surface area contributed by atoms with Crippen molar-refractivity contribution in [2.45, 2.75) is 261 Å². The number of likely N-dealkylation sites (N-methyl/N-ethyl adjacent to an activating group) is 5. The number of hydrogen-bond donors (Lipinski definition) is 4. The van der Waals surface area contributed by atoms with E-state index in [-0.39, 0.29) is 114 Å². The minimum absolute atomic E-state index is 0.0184. The van der Waals surface area contributed by atoms with Crippen LogP contribution >= 0.6 is 11.6 Å². The molecule has 22 nitrogen and oxygen atoms in total. The van der Waals surface area contributed by atoms with Gasteiger partial charge in [0.05, 0.1) is 12.5 Å². The maximum Gasteiger partial charge on any atom is 0.393 e. The lowest BCUT2D eigenvalue weighted by Gasteiger charge is -2.45. The second kappa shape index (κ2) is 31.7. The Morgan fingerprint density at radius 1 is 0.565 bits per heavy atom. The quantitative estimate of drug-likeness (QED) is 0.198. The van der Waals surface area contributed by atoms with Crippen LogP contribution in [0.25, 0.3) is 0 Å². The van der Waals surface area contributed by atoms with Crippen molar-refractivity contribution in [2.75, 3.05) is 54.9 Å². The van der Waals surface area contributed by atoms with E-state index in [4.69, 9.17) is 11.6 Å². The lowest BCUT2D eigenvalue weighted by molar-refractivity contribution is -0.182. The minimum Gasteiger partial charge on any atom is -0.351 e. The highest BCUT2D eigenvalue weighted by molar-refractivity contribution is 6.20. The zero-order chi connectivity index (χ0) is 67.8. The van der Waals surface area contributed by atoms with Crippen LogP contribution in [0.1, 0.15) is 189 Å². The highest BCUT2D eigenvalue weighted by atomic mass is 35.5. The molecule has 0 radical (unpaired) electrons. The Hall–Kier alpha value is -5.75. The second-order valence-electron chi connectivity index (χ2n) is 29.0. The van der Waals surface area contributed by atoms with Crippen molar-refractivity contribution in [1.82, 2.24) is 55.6 Å². The highest BCUT2D eigenvalue weighted by Crippen LogP contribution is 2.44. The number of amides is 11. The molecule has 3 saturated heterocycles. The Labute approximate surface area is 547 Å². The molecule has 92 heavy (non-hydrogen) atoms. The number of nitrogens with zero attached hydrogens (tertiary/aromatic N) is 7. The molecule has 0 aromatic carbocycles. The molecular formula is C66H105ClF3N11O11. The molecule has 4 N–H and O–H groups in total. The number of fused-ring (bicyclic) bond motifs is 2. The van der Waals surface area contributed by atoms with Gasteiger partial charge in [0.15, 0.2) is 0 Å². The molecule has 3 aliphatic heterocycles. The van der Waals surface area contributed by atoms with Gasteiger partial charge in [-0.1, -0.05) is 85.5 Å². The standard InChI is InChI=1S/C66H105ClF3N11O11/c1-38(2)32-51-56(84)73-48(35-44-21-22-44)60(88)76(8)41(6)59(87)81-31-27-50(81)63(91)78(10)52(36-42-18-13-12-14-19-42)62(90)75(7)37-53(82)72-47(26-24-43-23-25-45(46(67)34-43)66(68,69)70)61(89)80-30-17-20-49(80)57(85)74-65(28-15-16-29-65)64(92)79(11)55(39(3)4)58(86)71-40(5)33-54(83)77(51)9/h38-52,55H,12-37H2,1-11H3,(H,71,86)(H,72,82)(H,73,84)(H,74,85)/t40-,41+,43?,45?,46?,47+,48+,49+,50+,51+,52+,55+/m1/s1. The molecule has 26 heteroatoms. The van der Waals surface area contributed by atoms with Crippen LogP contribution < -0.4 is 21.3 Å². The average Bonchev–Trinajstić information content (AvgIpc) is 1.02. The van der Waals surface area contributed by atoms with Crippen LogP contribution in [0.4, 0.5) is 13.2 Å². The van der Waals surface area contributed by atoms with Crippen LogP contribution in [0, 0.1) is 35.5 Å². The van der Waals surface area contributed by atoms with E-state index < -0.39 is 155 Å². The SMILES string of the molecule is CC(C)C[C@H]1C(=O)N[C@@H](CC2CC2)C(=O)N(C)[C@@H](C)C(=O)N2CC[C@H]2C(=O)N(C)[C@@H](CC2CCCCC2)C(=O)N(C)CC(=O)N[C@@H](CCC2CCC(C(F)(F)F)C(Cl)C2)C(=O)N2CCC[C@H]2C(=O)NC2(CCCC2)C(=O)N(C)[C@@H](C(C)C)C(=O)N[C@H](C)CC(=O)N1C. The summed E-state index contributed by atoms with van der Waals surface area (Å²) < 4.78 is 41.8. The molecule has 7 aliphatic rings. The zero-order valence-electron chi connectivity index (χ0n) is 56.3. The minimum atomic E-state index is -4.49. The molecule has 7 rings (SSSR count). The summed E-state index contributed by atoms with van der Waals surface area (Å²) in [6.45, 7) is 10.3. The molecule has 0 bridgehead atoms. The van der Waals surface area contributed by atoms with E-state index in [1.165, 1.54) is 69.5 Å². The van der Waals surface area contributed by atoms with Gasteiger partial charge in [-0.3, -0.25) is 52.7 Å². The maximum atomic E-state index is 15.1. The Morgan fingerprint density at radius 2 is 1.20 bits per heavy atom. The van der Waals surface area contributed by atoms with Crippen LogP contribution in [0.5, 0.6) is 0 Å². The number of carbonyl (C=O) groups excluding carboxylic acids is 11. The van der Waals surface area contributed by atoms with Gasteiger partial charge in [-0.05, 0) is 127 Å². The molecule has 1 spiro atoms. The third-order valence-corrected chi connectivity index (χ3v) is 21.6. The topological polar surface area (TPSA) is 259 Å². The molecule has 0 aromatic heterocycles. The Kier molecular flexibility index (Phi) is 25.3. The van der Waals surface area contributed by atoms with E-state index in [1.807, 2.05) is 13.8 Å². The first kappa shape index (κ1) is 73.7. The van der Waals surface area contributed by atoms with E-state index in [2.05, 4.69) is 21.3 Å². The smallest absolute Gasteiger partial charge is 0.351 e. The van der Waals surface area contributed by atoms with Crippen molar-refractivity contribution in [3.05, 3.63) is 0 Å². The van der Waals surface area contributed by atoms with Crippen LogP contribution in [0.15, 0.2) is 0 Å². The van der Waals surface area contributed by atoms with Gasteiger partial charge >= 0.3 is 6.18 Å². The highest BCUT2D eigenvalue weighted by Gasteiger charge is 2.51. The zero-order valence-corrected chi connectivity index (χ0v) is 57.0. The molecular weight excluding hydrogens is 1220 g/mol. The molecule has 518 valence electrons. The molecule has 3 heterocycles. The van der Waals surface area contributed by atoms with E-state index in [0.717, 1.165) is 44.9 Å². The summed E-state index contributed by atoms with van der Waals surface area (Å²) in [6, 6.07) is -9.52. The van der Waals surface area contributed by atoms with Gasteiger partial charge in [0.2, 0.25) is 65.0 Å². The average molecular weight is 1320 g/mol. The lowest BCUT2D eigenvalue weighted by atomic mass is 9.78. The van der Waals surface area contributed by atoms with Crippen LogP contribution in [-0.4, -0.2) is 226 Å². The fraction of sp³-hybridized carbons (Fsp3) is 0.833. The van der Waals surface area contributed by atoms with Gasteiger partial charge in [0, 0.05) is 66.2 Å². The Bertz CT molecular complexity index is 2690. The summed E-state index contributed by atoms with van der Waals surface area (Å²) >= 11 is 6.38. The number of halogens is 4. The summed E-state index contributed by atoms with van der Waals surface area (Å²) in [4.78, 5) is 171. The largest absolute Gasteiger partial charge is 0.393 e. The fourth-order valence-electron chi connectivity index (χ4n) is 15.2. The summed E-state index contributed by atoms with van der Waals surface area (Å²) in [5.41, 5.74) is -1.47. The second-order valence-corrected chi connectivity index (χ2v) is 29.5. The molecule has 0 aromatic rings. The molecule has 12 atom stereocenters. The van der Waals surface area contributed by atoms with Crippen molar-refractivity contribution in [1.29, 1.82) is 0 Å². The Balaban J connectivity index is 1.21. The summed E-state index contributed by atoms with van der Waals surface area (Å²) in [5.74, 6) is -8.60. The van der Waals surface area contributed by atoms with Gasteiger partial charge in [-0.25, -0.2) is 0 Å². The van der Waals surface area contributed by atoms with E-state index in [0.29, 0.717) is 25.7 Å². The number of alkyl halides is 4. The van der Waals surface area contributed by atoms with Gasteiger partial charge < -0.3 is 55.6 Å². The van der Waals surface area contributed by atoms with Crippen molar-refractivity contribution in [3.63, 3.8) is 0 Å². The first-order valence-electron chi connectivity index (χ1n) is 34.1. The van der Waals surface area contributed by atoms with Crippen LogP contribution in [0.2, 0.25) is 0 Å². The summed E-state index contributed by atoms with van der Waals surface area (Å²) in [6.07, 6.45) is 4.83. The predicted octanol–water partition coefficient (Wildman–Crippen LogP) is 5.51. The predicted molar refractivity (Wildman–Crippen MR) is 338 cm³/mol. The summed E-state index contributed by atoms with van der Waals surface area (Å²) in [5, 5.41) is 10.5. The lowest BCUT2D eigenvalue weighted by Crippen LogP contribution is -2.65. The van der Waals surface area contributed by atoms with Crippen molar-refractivity contribution >= 4 is 76.6 Å². The molecule has 4 aliphatic carbocycles. The molecule has 4 saturated carbocycles. The molecule has 11 amide bonds. The van der Waals surface area contributed by atoms with E-state index in [1.54, 1.807) is 27.7 Å². The van der Waals surface area contributed by atoms with Gasteiger partial charge in [-0.15, -0.1) is 11.6 Å². The number of rotatable bonds is 10. The first-order valence-corrected chi connectivity index (χ1v) is 34.5. The third-order valence-electron chi connectivity index (χ3n) is 21.1.